The van der Waals surface area contributed by atoms with Gasteiger partial charge in [0.1, 0.15) is 11.1 Å². The Morgan fingerprint density at radius 3 is 2.22 bits per heavy atom. The highest BCUT2D eigenvalue weighted by molar-refractivity contribution is 5.85. The zero-order valence-corrected chi connectivity index (χ0v) is 14.0. The number of phenols is 2. The molecule has 0 unspecified atom stereocenters. The van der Waals surface area contributed by atoms with Crippen LogP contribution in [0.4, 0.5) is 4.79 Å². The maximum Gasteiger partial charge on any atom is 0.408 e. The second kappa shape index (κ2) is 6.76. The molecule has 128 valence electrons. The van der Waals surface area contributed by atoms with E-state index in [0.29, 0.717) is 5.56 Å². The van der Waals surface area contributed by atoms with Crippen molar-refractivity contribution in [2.45, 2.75) is 45.3 Å². The van der Waals surface area contributed by atoms with Crippen LogP contribution in [-0.4, -0.2) is 40.5 Å². The van der Waals surface area contributed by atoms with E-state index in [4.69, 9.17) is 9.47 Å². The van der Waals surface area contributed by atoms with Crippen LogP contribution in [0, 0.1) is 0 Å². The first-order valence-electron chi connectivity index (χ1n) is 7.07. The molecule has 0 heterocycles. The number of aromatic hydroxyl groups is 2. The van der Waals surface area contributed by atoms with Crippen molar-refractivity contribution in [1.82, 2.24) is 5.32 Å². The SMILES string of the molecule is COC(=O)[C@](C)(Cc1ccc(O)c(O)c1)NC(=O)OC(C)(C)C. The number of nitrogens with one attached hydrogen (secondary N) is 1. The molecule has 0 spiro atoms. The summed E-state index contributed by atoms with van der Waals surface area (Å²) in [5, 5.41) is 21.4. The normalized spacial score (nSPS) is 13.8. The Morgan fingerprint density at radius 1 is 1.13 bits per heavy atom. The predicted molar refractivity (Wildman–Crippen MR) is 83.3 cm³/mol. The second-order valence-corrected chi connectivity index (χ2v) is 6.45. The number of hydrogen-bond donors (Lipinski definition) is 3. The summed E-state index contributed by atoms with van der Waals surface area (Å²) in [4.78, 5) is 24.1. The number of esters is 1. The lowest BCUT2D eigenvalue weighted by Crippen LogP contribution is -2.55. The number of benzene rings is 1. The third kappa shape index (κ3) is 5.36. The molecule has 0 saturated carbocycles. The van der Waals surface area contributed by atoms with Gasteiger partial charge in [-0.3, -0.25) is 0 Å². The summed E-state index contributed by atoms with van der Waals surface area (Å²) in [5.74, 6) is -1.24. The fourth-order valence-corrected chi connectivity index (χ4v) is 2.01. The van der Waals surface area contributed by atoms with Crippen LogP contribution in [0.5, 0.6) is 11.5 Å². The molecule has 0 aliphatic rings. The quantitative estimate of drug-likeness (QED) is 0.578. The number of alkyl carbamates (subject to hydrolysis) is 1. The zero-order valence-electron chi connectivity index (χ0n) is 14.0. The van der Waals surface area contributed by atoms with Crippen LogP contribution in [0.25, 0.3) is 0 Å². The number of phenolic OH excluding ortho intramolecular Hbond substituents is 2. The largest absolute Gasteiger partial charge is 0.504 e. The Balaban J connectivity index is 3.00. The highest BCUT2D eigenvalue weighted by Crippen LogP contribution is 2.27. The van der Waals surface area contributed by atoms with Crippen molar-refractivity contribution in [2.75, 3.05) is 7.11 Å². The van der Waals surface area contributed by atoms with Crippen LogP contribution in [-0.2, 0) is 20.7 Å². The van der Waals surface area contributed by atoms with E-state index in [2.05, 4.69) is 5.32 Å². The van der Waals surface area contributed by atoms with Crippen LogP contribution in [0.15, 0.2) is 18.2 Å². The molecule has 0 aliphatic heterocycles. The smallest absolute Gasteiger partial charge is 0.408 e. The maximum absolute atomic E-state index is 12.1. The van der Waals surface area contributed by atoms with Gasteiger partial charge < -0.3 is 25.0 Å². The lowest BCUT2D eigenvalue weighted by Gasteiger charge is -2.29. The summed E-state index contributed by atoms with van der Waals surface area (Å²) in [5.41, 5.74) is -1.57. The van der Waals surface area contributed by atoms with Gasteiger partial charge in [0.25, 0.3) is 0 Å². The number of ether oxygens (including phenoxy) is 2. The Morgan fingerprint density at radius 2 is 1.74 bits per heavy atom. The zero-order chi connectivity index (χ0) is 17.8. The molecule has 7 heteroatoms. The van der Waals surface area contributed by atoms with E-state index in [0.717, 1.165) is 0 Å². The molecule has 1 atom stereocenters. The van der Waals surface area contributed by atoms with Crippen molar-refractivity contribution in [1.29, 1.82) is 0 Å². The molecule has 1 aromatic rings. The first-order chi connectivity index (χ1) is 10.5. The molecule has 1 aromatic carbocycles. The fourth-order valence-electron chi connectivity index (χ4n) is 2.01. The van der Waals surface area contributed by atoms with Gasteiger partial charge in [-0.1, -0.05) is 6.07 Å². The number of methoxy groups -OCH3 is 1. The highest BCUT2D eigenvalue weighted by atomic mass is 16.6. The number of rotatable bonds is 4. The van der Waals surface area contributed by atoms with Crippen LogP contribution in [0.1, 0.15) is 33.3 Å². The molecule has 0 bridgehead atoms. The van der Waals surface area contributed by atoms with Crippen molar-refractivity contribution in [2.24, 2.45) is 0 Å². The average Bonchev–Trinajstić information content (AvgIpc) is 2.39. The number of hydrogen-bond acceptors (Lipinski definition) is 6. The van der Waals surface area contributed by atoms with E-state index >= 15 is 0 Å². The maximum atomic E-state index is 12.1. The van der Waals surface area contributed by atoms with Gasteiger partial charge in [0, 0.05) is 6.42 Å². The lowest BCUT2D eigenvalue weighted by atomic mass is 9.92. The van der Waals surface area contributed by atoms with Gasteiger partial charge in [0.2, 0.25) is 0 Å². The van der Waals surface area contributed by atoms with Crippen LogP contribution in [0.2, 0.25) is 0 Å². The standard InChI is InChI=1S/C16H23NO6/c1-15(2,3)23-14(21)17-16(4,13(20)22-5)9-10-6-7-11(18)12(19)8-10/h6-8,18-19H,9H2,1-5H3,(H,17,21)/t16-/m0/s1. The molecule has 23 heavy (non-hydrogen) atoms. The Bertz CT molecular complexity index is 593. The molecule has 7 nitrogen and oxygen atoms in total. The van der Waals surface area contributed by atoms with E-state index in [1.165, 1.54) is 32.2 Å². The van der Waals surface area contributed by atoms with E-state index in [9.17, 15) is 19.8 Å². The third-order valence-corrected chi connectivity index (χ3v) is 3.01. The molecule has 0 aliphatic carbocycles. The third-order valence-electron chi connectivity index (χ3n) is 3.01. The van der Waals surface area contributed by atoms with Crippen molar-refractivity contribution in [3.05, 3.63) is 23.8 Å². The predicted octanol–water partition coefficient (Wildman–Crippen LogP) is 2.10. The highest BCUT2D eigenvalue weighted by Gasteiger charge is 2.38. The summed E-state index contributed by atoms with van der Waals surface area (Å²) in [7, 11) is 1.21. The van der Waals surface area contributed by atoms with Gasteiger partial charge in [-0.25, -0.2) is 9.59 Å². The number of carbonyl (C=O) groups excluding carboxylic acids is 2. The van der Waals surface area contributed by atoms with E-state index in [1.807, 2.05) is 0 Å². The monoisotopic (exact) mass is 325 g/mol. The second-order valence-electron chi connectivity index (χ2n) is 6.45. The summed E-state index contributed by atoms with van der Waals surface area (Å²) in [6.45, 7) is 6.62. The van der Waals surface area contributed by atoms with Gasteiger partial charge in [-0.05, 0) is 45.4 Å². The first-order valence-corrected chi connectivity index (χ1v) is 7.07. The Kier molecular flexibility index (Phi) is 5.47. The molecule has 0 radical (unpaired) electrons. The average molecular weight is 325 g/mol. The van der Waals surface area contributed by atoms with E-state index in [1.54, 1.807) is 20.8 Å². The summed E-state index contributed by atoms with van der Waals surface area (Å²) in [6, 6.07) is 4.15. The minimum atomic E-state index is -1.39. The number of amides is 1. The van der Waals surface area contributed by atoms with Crippen molar-refractivity contribution in [3.8, 4) is 11.5 Å². The van der Waals surface area contributed by atoms with E-state index in [-0.39, 0.29) is 17.9 Å². The van der Waals surface area contributed by atoms with Crippen LogP contribution < -0.4 is 5.32 Å². The van der Waals surface area contributed by atoms with Gasteiger partial charge in [0.05, 0.1) is 7.11 Å². The Labute approximate surface area is 135 Å². The summed E-state index contributed by atoms with van der Waals surface area (Å²) < 4.78 is 9.91. The molecule has 0 aromatic heterocycles. The van der Waals surface area contributed by atoms with Crippen molar-refractivity contribution < 1.29 is 29.3 Å². The number of carbonyl (C=O) groups is 2. The summed E-state index contributed by atoms with van der Waals surface area (Å²) in [6.07, 6.45) is -0.708. The first kappa shape index (κ1) is 18.6. The minimum absolute atomic E-state index is 0.0484. The summed E-state index contributed by atoms with van der Waals surface area (Å²) >= 11 is 0. The van der Waals surface area contributed by atoms with Gasteiger partial charge in [0.15, 0.2) is 11.5 Å². The van der Waals surface area contributed by atoms with Crippen LogP contribution >= 0.6 is 0 Å². The molecule has 0 fully saturated rings. The lowest BCUT2D eigenvalue weighted by molar-refractivity contribution is -0.147. The van der Waals surface area contributed by atoms with Gasteiger partial charge >= 0.3 is 12.1 Å². The molecular formula is C16H23NO6. The van der Waals surface area contributed by atoms with Gasteiger partial charge in [-0.2, -0.15) is 0 Å². The van der Waals surface area contributed by atoms with Crippen molar-refractivity contribution in [3.63, 3.8) is 0 Å². The topological polar surface area (TPSA) is 105 Å². The van der Waals surface area contributed by atoms with Gasteiger partial charge in [-0.15, -0.1) is 0 Å². The van der Waals surface area contributed by atoms with Crippen molar-refractivity contribution >= 4 is 12.1 Å². The molecule has 3 N–H and O–H groups in total. The van der Waals surface area contributed by atoms with E-state index < -0.39 is 23.2 Å². The molecular weight excluding hydrogens is 302 g/mol. The molecule has 1 rings (SSSR count). The Hall–Kier alpha value is -2.44. The molecule has 0 saturated heterocycles. The van der Waals surface area contributed by atoms with Crippen LogP contribution in [0.3, 0.4) is 0 Å². The molecule has 1 amide bonds. The fraction of sp³-hybridized carbons (Fsp3) is 0.500. The minimum Gasteiger partial charge on any atom is -0.504 e.